The van der Waals surface area contributed by atoms with E-state index in [2.05, 4.69) is 39.8 Å². The first-order valence-electron chi connectivity index (χ1n) is 22.9. The third kappa shape index (κ3) is 9.64. The Morgan fingerprint density at radius 1 is 0.871 bits per heavy atom. The smallest absolute Gasteiger partial charge is 0.337 e. The van der Waals surface area contributed by atoms with E-state index < -0.39 is 90.8 Å². The van der Waals surface area contributed by atoms with Crippen LogP contribution >= 0.6 is 0 Å². The number of carbonyl (C=O) groups excluding carboxylic acids is 1. The molecule has 1 unspecified atom stereocenters. The van der Waals surface area contributed by atoms with Crippen LogP contribution in [0, 0.1) is 23.7 Å². The van der Waals surface area contributed by atoms with Crippen molar-refractivity contribution in [1.82, 2.24) is 0 Å². The normalized spacial score (nSPS) is 47.0. The molecule has 0 aromatic rings. The summed E-state index contributed by atoms with van der Waals surface area (Å²) in [5.41, 5.74) is -0.426. The molecule has 1 aliphatic carbocycles. The lowest BCUT2D eigenvalue weighted by molar-refractivity contribution is -0.318. The summed E-state index contributed by atoms with van der Waals surface area (Å²) in [5, 5.41) is 34.2. The Labute approximate surface area is 367 Å². The van der Waals surface area contributed by atoms with Crippen LogP contribution in [0.15, 0.2) is 59.3 Å². The third-order valence-corrected chi connectivity index (χ3v) is 14.4. The van der Waals surface area contributed by atoms with E-state index in [1.54, 1.807) is 40.2 Å². The van der Waals surface area contributed by atoms with Crippen LogP contribution in [-0.2, 0) is 52.2 Å². The standard InChI is InChI=1S/C48H72O14/c1-11-25(2)43-28(5)17-18-47(62-43)23-34-20-33(61-47)16-15-27(4)42(26(3)13-12-14-32-24-55-45-40(49)29(6)19-35(46(51)58-34)48(32,45)52)59-39-22-37(54-10)44(31(8)57-39)60-38-21-36(53-9)41(50)30(7)56-38/h12-15,17-19,25-26,28-31,33-34,36-45,49-50,52H,11,16,20-24H2,1-10H3/t25-,26-,28-,29?,30-,31-,33+,34-,36-,37-,38-,39-,40+,41-,42-,43+,44-,45+,47+,48+/m0/s1. The molecule has 14 nitrogen and oxygen atoms in total. The van der Waals surface area contributed by atoms with Gasteiger partial charge in [-0.2, -0.15) is 0 Å². The Balaban J connectivity index is 1.18. The van der Waals surface area contributed by atoms with Crippen LogP contribution in [-0.4, -0.2) is 139 Å². The lowest BCUT2D eigenvalue weighted by Gasteiger charge is -2.48. The largest absolute Gasteiger partial charge is 0.459 e. The number of carbonyl (C=O) groups is 1. The lowest BCUT2D eigenvalue weighted by Crippen LogP contribution is -2.56. The molecule has 0 saturated carbocycles. The van der Waals surface area contributed by atoms with Crippen molar-refractivity contribution in [2.24, 2.45) is 23.7 Å². The Morgan fingerprint density at radius 3 is 2.31 bits per heavy atom. The minimum absolute atomic E-state index is 0.0242. The summed E-state index contributed by atoms with van der Waals surface area (Å²) in [7, 11) is 3.22. The summed E-state index contributed by atoms with van der Waals surface area (Å²) in [5.74, 6) is -1.99. The number of hydrogen-bond donors (Lipinski definition) is 3. The minimum Gasteiger partial charge on any atom is -0.459 e. The molecule has 1 spiro atoms. The quantitative estimate of drug-likeness (QED) is 0.210. The zero-order valence-corrected chi connectivity index (χ0v) is 38.2. The van der Waals surface area contributed by atoms with Gasteiger partial charge in [-0.3, -0.25) is 0 Å². The molecule has 7 aliphatic rings. The summed E-state index contributed by atoms with van der Waals surface area (Å²) >= 11 is 0. The zero-order chi connectivity index (χ0) is 44.7. The molecule has 6 aliphatic heterocycles. The van der Waals surface area contributed by atoms with Gasteiger partial charge in [0, 0.05) is 57.7 Å². The maximum absolute atomic E-state index is 14.3. The molecule has 0 aromatic heterocycles. The Bertz CT molecular complexity index is 1730. The maximum Gasteiger partial charge on any atom is 0.337 e. The van der Waals surface area contributed by atoms with E-state index >= 15 is 0 Å². The van der Waals surface area contributed by atoms with E-state index in [0.717, 1.165) is 12.0 Å². The Kier molecular flexibility index (Phi) is 15.1. The fraction of sp³-hybridized carbons (Fsp3) is 0.771. The van der Waals surface area contributed by atoms with Crippen LogP contribution in [0.3, 0.4) is 0 Å². The molecule has 0 aromatic carbocycles. The molecule has 14 heteroatoms. The van der Waals surface area contributed by atoms with Crippen molar-refractivity contribution >= 4 is 5.97 Å². The Hall–Kier alpha value is -2.31. The van der Waals surface area contributed by atoms with E-state index in [0.29, 0.717) is 31.3 Å². The van der Waals surface area contributed by atoms with Crippen molar-refractivity contribution in [1.29, 1.82) is 0 Å². The van der Waals surface area contributed by atoms with Crippen LogP contribution in [0.5, 0.6) is 0 Å². The Morgan fingerprint density at radius 2 is 1.58 bits per heavy atom. The number of allylic oxidation sites excluding steroid dienone is 2. The highest BCUT2D eigenvalue weighted by Gasteiger charge is 2.58. The van der Waals surface area contributed by atoms with Gasteiger partial charge in [-0.25, -0.2) is 4.79 Å². The van der Waals surface area contributed by atoms with E-state index in [1.807, 2.05) is 32.1 Å². The highest BCUT2D eigenvalue weighted by molar-refractivity contribution is 5.93. The first kappa shape index (κ1) is 47.6. The van der Waals surface area contributed by atoms with E-state index in [1.165, 1.54) is 0 Å². The fourth-order valence-electron chi connectivity index (χ4n) is 10.5. The topological polar surface area (TPSA) is 170 Å². The molecule has 20 atom stereocenters. The van der Waals surface area contributed by atoms with Crippen LogP contribution in [0.25, 0.3) is 0 Å². The molecule has 3 N–H and O–H groups in total. The van der Waals surface area contributed by atoms with Gasteiger partial charge >= 0.3 is 5.97 Å². The molecule has 7 rings (SSSR count). The molecule has 348 valence electrons. The van der Waals surface area contributed by atoms with Crippen LogP contribution in [0.4, 0.5) is 0 Å². The van der Waals surface area contributed by atoms with E-state index in [4.69, 9.17) is 47.4 Å². The molecule has 6 heterocycles. The highest BCUT2D eigenvalue weighted by Crippen LogP contribution is 2.47. The minimum atomic E-state index is -1.90. The van der Waals surface area contributed by atoms with Gasteiger partial charge in [-0.1, -0.05) is 77.5 Å². The summed E-state index contributed by atoms with van der Waals surface area (Å²) < 4.78 is 63.6. The lowest BCUT2D eigenvalue weighted by atomic mass is 9.72. The monoisotopic (exact) mass is 872 g/mol. The molecule has 0 amide bonds. The summed E-state index contributed by atoms with van der Waals surface area (Å²) in [6, 6.07) is 0. The van der Waals surface area contributed by atoms with Gasteiger partial charge in [0.25, 0.3) is 0 Å². The molecule has 62 heavy (non-hydrogen) atoms. The molecular formula is C48H72O14. The SMILES string of the molecule is CC[C@H](C)[C@H]1O[C@]2(C=C[C@@H]1C)C[C@@H]1C[C@@H](CC=C(C)[C@@H](O[C@H]3C[C@H](OC)[C@@H](O[C@H]4C[C@H](OC)[C@@H](O)[C@H](C)O4)[C@H](C)O3)[C@@H](C)C=CC=C3CO[C@@H]4[C@H](O)C(C)C=C(C(=O)O1)[C@]34O)O2. The zero-order valence-electron chi connectivity index (χ0n) is 38.2. The van der Waals surface area contributed by atoms with Crippen LogP contribution in [0.1, 0.15) is 93.9 Å². The fourth-order valence-corrected chi connectivity index (χ4v) is 10.5. The van der Waals surface area contributed by atoms with Crippen molar-refractivity contribution < 1.29 is 67.5 Å². The van der Waals surface area contributed by atoms with Crippen molar-refractivity contribution in [3.8, 4) is 0 Å². The van der Waals surface area contributed by atoms with Gasteiger partial charge < -0.3 is 62.7 Å². The van der Waals surface area contributed by atoms with Crippen molar-refractivity contribution in [2.45, 2.75) is 191 Å². The number of aliphatic hydroxyl groups excluding tert-OH is 2. The van der Waals surface area contributed by atoms with Gasteiger partial charge in [-0.05, 0) is 50.3 Å². The second-order valence-electron chi connectivity index (χ2n) is 19.0. The van der Waals surface area contributed by atoms with Gasteiger partial charge in [0.2, 0.25) is 0 Å². The summed E-state index contributed by atoms with van der Waals surface area (Å²) in [4.78, 5) is 14.3. The average Bonchev–Trinajstić information content (AvgIpc) is 3.58. The first-order chi connectivity index (χ1) is 29.5. The second kappa shape index (κ2) is 19.7. The number of fused-ring (bicyclic) bond motifs is 2. The van der Waals surface area contributed by atoms with Crippen molar-refractivity contribution in [2.75, 3.05) is 20.8 Å². The maximum atomic E-state index is 14.3. The van der Waals surface area contributed by atoms with Gasteiger partial charge in [-0.15, -0.1) is 0 Å². The highest BCUT2D eigenvalue weighted by atomic mass is 16.7. The van der Waals surface area contributed by atoms with Crippen molar-refractivity contribution in [3.05, 3.63) is 59.3 Å². The van der Waals surface area contributed by atoms with Crippen molar-refractivity contribution in [3.63, 3.8) is 0 Å². The molecule has 4 saturated heterocycles. The van der Waals surface area contributed by atoms with Crippen LogP contribution in [0.2, 0.25) is 0 Å². The number of hydrogen-bond acceptors (Lipinski definition) is 14. The number of methoxy groups -OCH3 is 2. The predicted molar refractivity (Wildman–Crippen MR) is 227 cm³/mol. The number of aliphatic hydroxyl groups is 3. The first-order valence-corrected chi connectivity index (χ1v) is 22.9. The summed E-state index contributed by atoms with van der Waals surface area (Å²) in [6.45, 7) is 16.1. The number of esters is 1. The van der Waals surface area contributed by atoms with Crippen LogP contribution < -0.4 is 0 Å². The number of rotatable bonds is 8. The molecule has 4 fully saturated rings. The van der Waals surface area contributed by atoms with Gasteiger partial charge in [0.05, 0.1) is 61.0 Å². The van der Waals surface area contributed by atoms with E-state index in [-0.39, 0.29) is 54.7 Å². The van der Waals surface area contributed by atoms with Gasteiger partial charge in [0.1, 0.15) is 30.0 Å². The van der Waals surface area contributed by atoms with E-state index in [9.17, 15) is 20.1 Å². The third-order valence-electron chi connectivity index (χ3n) is 14.4. The second-order valence-corrected chi connectivity index (χ2v) is 19.0. The molecular weight excluding hydrogens is 801 g/mol. The molecule has 0 radical (unpaired) electrons. The van der Waals surface area contributed by atoms with Gasteiger partial charge in [0.15, 0.2) is 18.4 Å². The molecule has 2 bridgehead atoms. The number of ether oxygens (including phenoxy) is 10. The average molecular weight is 873 g/mol. The summed E-state index contributed by atoms with van der Waals surface area (Å²) in [6.07, 6.45) is 8.54. The predicted octanol–water partition coefficient (Wildman–Crippen LogP) is 5.38.